The van der Waals surface area contributed by atoms with Crippen molar-refractivity contribution in [2.24, 2.45) is 0 Å². The van der Waals surface area contributed by atoms with Crippen molar-refractivity contribution < 1.29 is 19.0 Å². The van der Waals surface area contributed by atoms with Crippen LogP contribution in [0.5, 0.6) is 11.5 Å². The Labute approximate surface area is 119 Å². The lowest BCUT2D eigenvalue weighted by atomic mass is 10.2. The van der Waals surface area contributed by atoms with Gasteiger partial charge in [-0.25, -0.2) is 4.79 Å². The van der Waals surface area contributed by atoms with Crippen LogP contribution in [0, 0.1) is 0 Å². The Bertz CT molecular complexity index is 457. The Balaban J connectivity index is 1.95. The van der Waals surface area contributed by atoms with E-state index in [1.807, 2.05) is 18.2 Å². The van der Waals surface area contributed by atoms with Crippen LogP contribution in [0.3, 0.4) is 0 Å². The number of nitrogens with one attached hydrogen (secondary N) is 1. The Morgan fingerprint density at radius 3 is 2.80 bits per heavy atom. The van der Waals surface area contributed by atoms with Gasteiger partial charge in [0.1, 0.15) is 0 Å². The zero-order chi connectivity index (χ0) is 14.4. The first kappa shape index (κ1) is 14.7. The fraction of sp³-hybridized carbons (Fsp3) is 0.533. The minimum absolute atomic E-state index is 0.107. The van der Waals surface area contributed by atoms with Crippen molar-refractivity contribution in [3.8, 4) is 11.5 Å². The lowest BCUT2D eigenvalue weighted by Crippen LogP contribution is -2.16. The van der Waals surface area contributed by atoms with Gasteiger partial charge in [0.2, 0.25) is 0 Å². The molecule has 1 aliphatic carbocycles. The molecular weight excluding hydrogens is 258 g/mol. The van der Waals surface area contributed by atoms with E-state index in [0.717, 1.165) is 12.1 Å². The summed E-state index contributed by atoms with van der Waals surface area (Å²) in [4.78, 5) is 11.3. The monoisotopic (exact) mass is 279 g/mol. The average molecular weight is 279 g/mol. The molecule has 0 spiro atoms. The zero-order valence-corrected chi connectivity index (χ0v) is 12.0. The van der Waals surface area contributed by atoms with E-state index in [-0.39, 0.29) is 12.6 Å². The SMILES string of the molecule is CCOC(=O)COc1cc(CNC2CC2)ccc1OC. The standard InChI is InChI=1S/C15H21NO4/c1-3-19-15(17)10-20-14-8-11(4-7-13(14)18-2)9-16-12-5-6-12/h4,7-8,12,16H,3,5-6,9-10H2,1-2H3. The molecule has 110 valence electrons. The van der Waals surface area contributed by atoms with E-state index in [1.54, 1.807) is 14.0 Å². The number of hydrogen-bond donors (Lipinski definition) is 1. The van der Waals surface area contributed by atoms with Gasteiger partial charge in [0.05, 0.1) is 13.7 Å². The normalized spacial score (nSPS) is 13.9. The molecule has 0 aliphatic heterocycles. The number of hydrogen-bond acceptors (Lipinski definition) is 5. The summed E-state index contributed by atoms with van der Waals surface area (Å²) in [6.45, 7) is 2.81. The molecule has 0 radical (unpaired) electrons. The third kappa shape index (κ3) is 4.42. The minimum Gasteiger partial charge on any atom is -0.493 e. The van der Waals surface area contributed by atoms with Crippen molar-refractivity contribution in [2.75, 3.05) is 20.3 Å². The number of esters is 1. The van der Waals surface area contributed by atoms with Gasteiger partial charge in [-0.15, -0.1) is 0 Å². The summed E-state index contributed by atoms with van der Waals surface area (Å²) in [6.07, 6.45) is 2.50. The summed E-state index contributed by atoms with van der Waals surface area (Å²) in [5, 5.41) is 3.43. The molecule has 5 heteroatoms. The first-order chi connectivity index (χ1) is 9.72. The number of ether oxygens (including phenoxy) is 3. The van der Waals surface area contributed by atoms with Crippen molar-refractivity contribution in [2.45, 2.75) is 32.4 Å². The van der Waals surface area contributed by atoms with Crippen molar-refractivity contribution in [1.29, 1.82) is 0 Å². The molecule has 1 aromatic rings. The van der Waals surface area contributed by atoms with E-state index >= 15 is 0 Å². The lowest BCUT2D eigenvalue weighted by molar-refractivity contribution is -0.145. The highest BCUT2D eigenvalue weighted by atomic mass is 16.6. The molecule has 1 aromatic carbocycles. The molecular formula is C15H21NO4. The molecule has 1 N–H and O–H groups in total. The highest BCUT2D eigenvalue weighted by molar-refractivity contribution is 5.71. The number of carbonyl (C=O) groups excluding carboxylic acids is 1. The van der Waals surface area contributed by atoms with Gasteiger partial charge in [0, 0.05) is 12.6 Å². The molecule has 2 rings (SSSR count). The van der Waals surface area contributed by atoms with E-state index in [2.05, 4.69) is 5.32 Å². The number of benzene rings is 1. The van der Waals surface area contributed by atoms with Crippen molar-refractivity contribution >= 4 is 5.97 Å². The van der Waals surface area contributed by atoms with E-state index in [4.69, 9.17) is 14.2 Å². The largest absolute Gasteiger partial charge is 0.493 e. The maximum absolute atomic E-state index is 11.3. The molecule has 0 heterocycles. The van der Waals surface area contributed by atoms with Gasteiger partial charge in [0.25, 0.3) is 0 Å². The quantitative estimate of drug-likeness (QED) is 0.736. The predicted molar refractivity (Wildman–Crippen MR) is 75.0 cm³/mol. The molecule has 5 nitrogen and oxygen atoms in total. The topological polar surface area (TPSA) is 56.8 Å². The van der Waals surface area contributed by atoms with Crippen molar-refractivity contribution in [3.63, 3.8) is 0 Å². The van der Waals surface area contributed by atoms with Gasteiger partial charge >= 0.3 is 5.97 Å². The second kappa shape index (κ2) is 7.14. The fourth-order valence-electron chi connectivity index (χ4n) is 1.83. The van der Waals surface area contributed by atoms with Crippen LogP contribution < -0.4 is 14.8 Å². The third-order valence-corrected chi connectivity index (χ3v) is 3.05. The van der Waals surface area contributed by atoms with Crippen LogP contribution in [-0.2, 0) is 16.1 Å². The Hall–Kier alpha value is -1.75. The van der Waals surface area contributed by atoms with Crippen LogP contribution in [0.4, 0.5) is 0 Å². The van der Waals surface area contributed by atoms with Crippen molar-refractivity contribution in [1.82, 2.24) is 5.32 Å². The number of methoxy groups -OCH3 is 1. The summed E-state index contributed by atoms with van der Waals surface area (Å²) in [7, 11) is 1.58. The van der Waals surface area contributed by atoms with E-state index in [0.29, 0.717) is 24.1 Å². The second-order valence-electron chi connectivity index (χ2n) is 4.73. The summed E-state index contributed by atoms with van der Waals surface area (Å²) in [6, 6.07) is 6.39. The van der Waals surface area contributed by atoms with Gasteiger partial charge in [-0.3, -0.25) is 0 Å². The second-order valence-corrected chi connectivity index (χ2v) is 4.73. The van der Waals surface area contributed by atoms with Gasteiger partial charge in [-0.2, -0.15) is 0 Å². The van der Waals surface area contributed by atoms with Crippen LogP contribution in [0.2, 0.25) is 0 Å². The van der Waals surface area contributed by atoms with Crippen LogP contribution in [0.25, 0.3) is 0 Å². The van der Waals surface area contributed by atoms with Crippen LogP contribution >= 0.6 is 0 Å². The molecule has 1 saturated carbocycles. The molecule has 20 heavy (non-hydrogen) atoms. The molecule has 0 bridgehead atoms. The van der Waals surface area contributed by atoms with E-state index < -0.39 is 0 Å². The zero-order valence-electron chi connectivity index (χ0n) is 12.0. The molecule has 0 aromatic heterocycles. The Morgan fingerprint density at radius 2 is 2.15 bits per heavy atom. The molecule has 0 atom stereocenters. The first-order valence-electron chi connectivity index (χ1n) is 6.91. The maximum Gasteiger partial charge on any atom is 0.344 e. The first-order valence-corrected chi connectivity index (χ1v) is 6.91. The van der Waals surface area contributed by atoms with Crippen LogP contribution in [0.1, 0.15) is 25.3 Å². The third-order valence-electron chi connectivity index (χ3n) is 3.05. The number of rotatable bonds is 8. The van der Waals surface area contributed by atoms with Crippen LogP contribution in [0.15, 0.2) is 18.2 Å². The molecule has 0 saturated heterocycles. The maximum atomic E-state index is 11.3. The Kier molecular flexibility index (Phi) is 5.24. The molecule has 0 unspecified atom stereocenters. The summed E-state index contributed by atoms with van der Waals surface area (Å²) in [5.41, 5.74) is 1.11. The Morgan fingerprint density at radius 1 is 1.35 bits per heavy atom. The van der Waals surface area contributed by atoms with Crippen LogP contribution in [-0.4, -0.2) is 32.3 Å². The van der Waals surface area contributed by atoms with Gasteiger partial charge in [-0.1, -0.05) is 6.07 Å². The van der Waals surface area contributed by atoms with E-state index in [1.165, 1.54) is 12.8 Å². The van der Waals surface area contributed by atoms with Crippen molar-refractivity contribution in [3.05, 3.63) is 23.8 Å². The number of carbonyl (C=O) groups is 1. The smallest absolute Gasteiger partial charge is 0.344 e. The summed E-state index contributed by atoms with van der Waals surface area (Å²) >= 11 is 0. The summed E-state index contributed by atoms with van der Waals surface area (Å²) < 4.78 is 15.5. The summed E-state index contributed by atoms with van der Waals surface area (Å²) in [5.74, 6) is 0.802. The highest BCUT2D eigenvalue weighted by Crippen LogP contribution is 2.28. The van der Waals surface area contributed by atoms with Gasteiger partial charge < -0.3 is 19.5 Å². The lowest BCUT2D eigenvalue weighted by Gasteiger charge is -2.12. The fourth-order valence-corrected chi connectivity index (χ4v) is 1.83. The van der Waals surface area contributed by atoms with Gasteiger partial charge in [-0.05, 0) is 37.5 Å². The minimum atomic E-state index is -0.379. The highest BCUT2D eigenvalue weighted by Gasteiger charge is 2.20. The van der Waals surface area contributed by atoms with E-state index in [9.17, 15) is 4.79 Å². The molecule has 1 aliphatic rings. The average Bonchev–Trinajstić information content (AvgIpc) is 3.27. The van der Waals surface area contributed by atoms with Gasteiger partial charge in [0.15, 0.2) is 18.1 Å². The predicted octanol–water partition coefficient (Wildman–Crippen LogP) is 1.89. The molecule has 1 fully saturated rings. The molecule has 0 amide bonds.